The van der Waals surface area contributed by atoms with Crippen LogP contribution in [0.1, 0.15) is 16.7 Å². The number of aliphatic hydroxyl groups excluding tert-OH is 1. The highest BCUT2D eigenvalue weighted by Gasteiger charge is 2.46. The molecule has 6 heteroatoms. The van der Waals surface area contributed by atoms with E-state index in [9.17, 15) is 5.11 Å². The zero-order chi connectivity index (χ0) is 29.2. The Kier molecular flexibility index (Phi) is 10.8. The molecule has 5 nitrogen and oxygen atoms in total. The summed E-state index contributed by atoms with van der Waals surface area (Å²) < 4.78 is 19.3. The van der Waals surface area contributed by atoms with E-state index >= 15 is 0 Å². The van der Waals surface area contributed by atoms with Crippen LogP contribution in [0, 0.1) is 0 Å². The summed E-state index contributed by atoms with van der Waals surface area (Å²) in [5.41, 5.74) is 3.30. The monoisotopic (exact) mass is 581 g/mol. The van der Waals surface area contributed by atoms with Gasteiger partial charge >= 0.3 is 0 Å². The van der Waals surface area contributed by atoms with Crippen molar-refractivity contribution >= 4 is 13.3 Å². The number of piperidine rings is 1. The molecule has 5 rings (SSSR count). The molecular weight excluding hydrogens is 538 g/mol. The van der Waals surface area contributed by atoms with Crippen molar-refractivity contribution < 1.29 is 19.3 Å². The average molecular weight is 582 g/mol. The van der Waals surface area contributed by atoms with Gasteiger partial charge in [0.25, 0.3) is 0 Å². The van der Waals surface area contributed by atoms with Gasteiger partial charge in [0.1, 0.15) is 12.2 Å². The van der Waals surface area contributed by atoms with E-state index in [0.717, 1.165) is 22.9 Å². The highest BCUT2D eigenvalue weighted by Crippen LogP contribution is 2.27. The molecular formula is C36H43NO4Si. The second-order valence-electron chi connectivity index (χ2n) is 11.8. The van der Waals surface area contributed by atoms with Crippen LogP contribution in [0.4, 0.5) is 0 Å². The highest BCUT2D eigenvalue weighted by atomic mass is 28.3. The number of hydrogen-bond acceptors (Lipinski definition) is 5. The maximum absolute atomic E-state index is 12.0. The van der Waals surface area contributed by atoms with E-state index in [1.165, 1.54) is 5.19 Å². The van der Waals surface area contributed by atoms with Gasteiger partial charge < -0.3 is 19.3 Å². The van der Waals surface area contributed by atoms with Gasteiger partial charge in [0.05, 0.1) is 46.6 Å². The van der Waals surface area contributed by atoms with Gasteiger partial charge in [-0.15, -0.1) is 0 Å². The SMILES string of the molecule is C[Si](C)(CN1C[C@H](OCc2ccccc2)[C@@H](OCc2ccccc2)[C@H](O)C1COCc1ccccc1)c1ccccc1. The van der Waals surface area contributed by atoms with E-state index < -0.39 is 20.3 Å². The first-order chi connectivity index (χ1) is 20.5. The van der Waals surface area contributed by atoms with Crippen LogP contribution in [-0.2, 0) is 34.0 Å². The molecule has 220 valence electrons. The van der Waals surface area contributed by atoms with Crippen molar-refractivity contribution in [3.63, 3.8) is 0 Å². The van der Waals surface area contributed by atoms with E-state index in [0.29, 0.717) is 33.0 Å². The minimum atomic E-state index is -1.89. The van der Waals surface area contributed by atoms with Gasteiger partial charge in [0.2, 0.25) is 0 Å². The molecule has 1 N–H and O–H groups in total. The molecule has 1 fully saturated rings. The number of hydrogen-bond donors (Lipinski definition) is 1. The number of aliphatic hydroxyl groups is 1. The van der Waals surface area contributed by atoms with Crippen molar-refractivity contribution in [1.29, 1.82) is 0 Å². The Bertz CT molecular complexity index is 1320. The molecule has 1 aliphatic heterocycles. The molecule has 0 radical (unpaired) electrons. The quantitative estimate of drug-likeness (QED) is 0.209. The first-order valence-electron chi connectivity index (χ1n) is 14.9. The van der Waals surface area contributed by atoms with Crippen molar-refractivity contribution in [3.05, 3.63) is 138 Å². The van der Waals surface area contributed by atoms with Crippen molar-refractivity contribution in [1.82, 2.24) is 4.90 Å². The second-order valence-corrected chi connectivity index (χ2v) is 16.5. The van der Waals surface area contributed by atoms with E-state index in [-0.39, 0.29) is 12.1 Å². The first-order valence-corrected chi connectivity index (χ1v) is 18.1. The molecule has 4 atom stereocenters. The Balaban J connectivity index is 1.38. The molecule has 0 spiro atoms. The smallest absolute Gasteiger partial charge is 0.113 e. The summed E-state index contributed by atoms with van der Waals surface area (Å²) in [5, 5.41) is 13.4. The normalized spacial score (nSPS) is 21.3. The minimum absolute atomic E-state index is 0.221. The lowest BCUT2D eigenvalue weighted by Crippen LogP contribution is -2.67. The van der Waals surface area contributed by atoms with Crippen molar-refractivity contribution in [2.45, 2.75) is 57.3 Å². The summed E-state index contributed by atoms with van der Waals surface area (Å²) >= 11 is 0. The topological polar surface area (TPSA) is 51.2 Å². The largest absolute Gasteiger partial charge is 0.389 e. The minimum Gasteiger partial charge on any atom is -0.389 e. The molecule has 42 heavy (non-hydrogen) atoms. The van der Waals surface area contributed by atoms with Gasteiger partial charge in [0.15, 0.2) is 0 Å². The van der Waals surface area contributed by atoms with E-state index in [2.05, 4.69) is 84.7 Å². The lowest BCUT2D eigenvalue weighted by molar-refractivity contribution is -0.190. The number of likely N-dealkylation sites (tertiary alicyclic amines) is 1. The highest BCUT2D eigenvalue weighted by molar-refractivity contribution is 6.90. The Morgan fingerprint density at radius 3 is 1.69 bits per heavy atom. The Morgan fingerprint density at radius 2 is 1.14 bits per heavy atom. The van der Waals surface area contributed by atoms with Crippen molar-refractivity contribution in [2.24, 2.45) is 0 Å². The number of benzene rings is 4. The van der Waals surface area contributed by atoms with Crippen molar-refractivity contribution in [3.8, 4) is 0 Å². The van der Waals surface area contributed by atoms with E-state index in [4.69, 9.17) is 14.2 Å². The summed E-state index contributed by atoms with van der Waals surface area (Å²) in [6, 6.07) is 41.1. The molecule has 4 aromatic rings. The van der Waals surface area contributed by atoms with Crippen LogP contribution in [0.5, 0.6) is 0 Å². The van der Waals surface area contributed by atoms with Gasteiger partial charge in [-0.05, 0) is 22.9 Å². The third kappa shape index (κ3) is 8.25. The molecule has 0 bridgehead atoms. The van der Waals surface area contributed by atoms with Gasteiger partial charge in [-0.25, -0.2) is 0 Å². The molecule has 0 saturated carbocycles. The number of rotatable bonds is 13. The fourth-order valence-corrected chi connectivity index (χ4v) is 8.43. The van der Waals surface area contributed by atoms with Crippen LogP contribution in [0.2, 0.25) is 13.1 Å². The third-order valence-corrected chi connectivity index (χ3v) is 11.2. The molecule has 0 amide bonds. The maximum atomic E-state index is 12.0. The summed E-state index contributed by atoms with van der Waals surface area (Å²) in [6.45, 7) is 7.24. The van der Waals surface area contributed by atoms with E-state index in [1.54, 1.807) is 0 Å². The standard InChI is InChI=1S/C36H43NO4Si/c1-42(2,32-21-13-6-14-22-32)28-37-23-34(40-25-30-17-9-4-10-18-30)36(41-26-31-19-11-5-12-20-31)35(38)33(37)27-39-24-29-15-7-3-8-16-29/h3-22,33-36,38H,23-28H2,1-2H3/t33?,34-,35+,36+/m0/s1. The molecule has 0 aliphatic carbocycles. The van der Waals surface area contributed by atoms with Crippen LogP contribution in [0.15, 0.2) is 121 Å². The number of nitrogens with zero attached hydrogens (tertiary/aromatic N) is 1. The Hall–Kier alpha value is -3.10. The Morgan fingerprint density at radius 1 is 0.667 bits per heavy atom. The van der Waals surface area contributed by atoms with Gasteiger partial charge in [0, 0.05) is 6.54 Å². The molecule has 4 aromatic carbocycles. The zero-order valence-electron chi connectivity index (χ0n) is 24.7. The fourth-order valence-electron chi connectivity index (χ4n) is 5.77. The second kappa shape index (κ2) is 14.9. The first kappa shape index (κ1) is 30.4. The van der Waals surface area contributed by atoms with Gasteiger partial charge in [-0.1, -0.05) is 140 Å². The lowest BCUT2D eigenvalue weighted by Gasteiger charge is -2.48. The molecule has 0 aromatic heterocycles. The van der Waals surface area contributed by atoms with Crippen molar-refractivity contribution in [2.75, 3.05) is 19.3 Å². The lowest BCUT2D eigenvalue weighted by atomic mass is 9.94. The van der Waals surface area contributed by atoms with Gasteiger partial charge in [-0.3, -0.25) is 4.90 Å². The van der Waals surface area contributed by atoms with Crippen LogP contribution in [-0.4, -0.2) is 61.8 Å². The van der Waals surface area contributed by atoms with Crippen LogP contribution >= 0.6 is 0 Å². The molecule has 1 heterocycles. The van der Waals surface area contributed by atoms with Crippen LogP contribution in [0.25, 0.3) is 0 Å². The number of ether oxygens (including phenoxy) is 3. The van der Waals surface area contributed by atoms with Crippen LogP contribution in [0.3, 0.4) is 0 Å². The van der Waals surface area contributed by atoms with Crippen LogP contribution < -0.4 is 5.19 Å². The summed E-state index contributed by atoms with van der Waals surface area (Å²) in [7, 11) is -1.89. The summed E-state index contributed by atoms with van der Waals surface area (Å²) in [5.74, 6) is 0. The predicted octanol–water partition coefficient (Wildman–Crippen LogP) is 5.57. The summed E-state index contributed by atoms with van der Waals surface area (Å²) in [6.07, 6.45) is -0.684. The Labute approximate surface area is 251 Å². The maximum Gasteiger partial charge on any atom is 0.113 e. The zero-order valence-corrected chi connectivity index (χ0v) is 25.7. The fraction of sp³-hybridized carbons (Fsp3) is 0.333. The third-order valence-electron chi connectivity index (χ3n) is 8.13. The predicted molar refractivity (Wildman–Crippen MR) is 171 cm³/mol. The molecule has 1 unspecified atom stereocenters. The summed E-state index contributed by atoms with van der Waals surface area (Å²) in [4.78, 5) is 2.41. The molecule has 1 aliphatic rings. The average Bonchev–Trinajstić information content (AvgIpc) is 3.03. The van der Waals surface area contributed by atoms with E-state index in [1.807, 2.05) is 54.6 Å². The molecule has 1 saturated heterocycles. The van der Waals surface area contributed by atoms with Gasteiger partial charge in [-0.2, -0.15) is 0 Å².